The van der Waals surface area contributed by atoms with Crippen LogP contribution in [-0.2, 0) is 4.79 Å². The van der Waals surface area contributed by atoms with Gasteiger partial charge in [0.1, 0.15) is 0 Å². The average molecular weight is 364 g/mol. The normalized spacial score (nSPS) is 10.1. The van der Waals surface area contributed by atoms with Crippen LogP contribution in [0.4, 0.5) is 15.8 Å². The number of halogens is 1. The van der Waals surface area contributed by atoms with Crippen molar-refractivity contribution < 1.29 is 18.7 Å². The van der Waals surface area contributed by atoms with Crippen molar-refractivity contribution in [2.45, 2.75) is 0 Å². The lowest BCUT2D eigenvalue weighted by atomic mass is 10.1. The summed E-state index contributed by atoms with van der Waals surface area (Å²) in [5.41, 5.74) is 1.29. The van der Waals surface area contributed by atoms with E-state index >= 15 is 0 Å². The van der Waals surface area contributed by atoms with Gasteiger partial charge < -0.3 is 15.4 Å². The van der Waals surface area contributed by atoms with Gasteiger partial charge in [0.15, 0.2) is 18.2 Å². The summed E-state index contributed by atoms with van der Waals surface area (Å²) < 4.78 is 18.7. The molecule has 5 nitrogen and oxygen atoms in total. The van der Waals surface area contributed by atoms with E-state index in [1.165, 1.54) is 18.2 Å². The highest BCUT2D eigenvalue weighted by Gasteiger charge is 2.14. The molecule has 3 aromatic rings. The van der Waals surface area contributed by atoms with Crippen LogP contribution in [0.2, 0.25) is 0 Å². The van der Waals surface area contributed by atoms with Crippen molar-refractivity contribution in [1.29, 1.82) is 0 Å². The molecule has 0 aromatic heterocycles. The Hall–Kier alpha value is -3.67. The van der Waals surface area contributed by atoms with E-state index in [0.29, 0.717) is 16.9 Å². The number of anilines is 2. The molecule has 0 saturated heterocycles. The standard InChI is InChI=1S/C21H17FN2O3/c22-17-11-5-7-13-19(17)27-14-20(25)24-18-12-6-4-10-16(18)21(26)23-15-8-2-1-3-9-15/h1-13H,14H2,(H,23,26)(H,24,25). The van der Waals surface area contributed by atoms with Gasteiger partial charge in [0.25, 0.3) is 11.8 Å². The number of hydrogen-bond acceptors (Lipinski definition) is 3. The van der Waals surface area contributed by atoms with Gasteiger partial charge in [0.05, 0.1) is 11.3 Å². The van der Waals surface area contributed by atoms with Crippen LogP contribution in [0.3, 0.4) is 0 Å². The van der Waals surface area contributed by atoms with Crippen LogP contribution >= 0.6 is 0 Å². The Balaban J connectivity index is 1.66. The van der Waals surface area contributed by atoms with Crippen molar-refractivity contribution in [3.05, 3.63) is 90.2 Å². The van der Waals surface area contributed by atoms with Crippen LogP contribution in [0.25, 0.3) is 0 Å². The fourth-order valence-corrected chi connectivity index (χ4v) is 2.40. The number of benzene rings is 3. The molecule has 0 aliphatic heterocycles. The summed E-state index contributed by atoms with van der Waals surface area (Å²) in [5.74, 6) is -1.42. The molecule has 0 unspecified atom stereocenters. The largest absolute Gasteiger partial charge is 0.481 e. The molecule has 136 valence electrons. The highest BCUT2D eigenvalue weighted by molar-refractivity contribution is 6.10. The number of para-hydroxylation sites is 3. The molecule has 0 radical (unpaired) electrons. The first-order valence-electron chi connectivity index (χ1n) is 8.26. The van der Waals surface area contributed by atoms with Crippen molar-refractivity contribution in [3.63, 3.8) is 0 Å². The third-order valence-corrected chi connectivity index (χ3v) is 3.67. The van der Waals surface area contributed by atoms with Gasteiger partial charge in [-0.25, -0.2) is 4.39 Å². The van der Waals surface area contributed by atoms with Gasteiger partial charge in [-0.15, -0.1) is 0 Å². The molecule has 2 amide bonds. The van der Waals surface area contributed by atoms with Crippen molar-refractivity contribution in [3.8, 4) is 5.75 Å². The lowest BCUT2D eigenvalue weighted by molar-refractivity contribution is -0.118. The van der Waals surface area contributed by atoms with Gasteiger partial charge in [-0.3, -0.25) is 9.59 Å². The second kappa shape index (κ2) is 8.62. The molecule has 2 N–H and O–H groups in total. The van der Waals surface area contributed by atoms with Crippen LogP contribution in [0.15, 0.2) is 78.9 Å². The van der Waals surface area contributed by atoms with E-state index < -0.39 is 11.7 Å². The summed E-state index contributed by atoms with van der Waals surface area (Å²) in [4.78, 5) is 24.6. The minimum atomic E-state index is -0.548. The van der Waals surface area contributed by atoms with Crippen molar-refractivity contribution >= 4 is 23.2 Å². The fraction of sp³-hybridized carbons (Fsp3) is 0.0476. The Morgan fingerprint density at radius 1 is 0.815 bits per heavy atom. The summed E-state index contributed by atoms with van der Waals surface area (Å²) in [6.07, 6.45) is 0. The number of ether oxygens (including phenoxy) is 1. The number of rotatable bonds is 6. The third-order valence-electron chi connectivity index (χ3n) is 3.67. The molecular weight excluding hydrogens is 347 g/mol. The number of amides is 2. The molecule has 0 aliphatic carbocycles. The summed E-state index contributed by atoms with van der Waals surface area (Å²) in [6, 6.07) is 21.4. The molecule has 6 heteroatoms. The summed E-state index contributed by atoms with van der Waals surface area (Å²) in [6.45, 7) is -0.379. The quantitative estimate of drug-likeness (QED) is 0.692. The van der Waals surface area contributed by atoms with E-state index in [2.05, 4.69) is 10.6 Å². The molecular formula is C21H17FN2O3. The highest BCUT2D eigenvalue weighted by atomic mass is 19.1. The van der Waals surface area contributed by atoms with Gasteiger partial charge >= 0.3 is 0 Å². The van der Waals surface area contributed by atoms with E-state index in [1.54, 1.807) is 42.5 Å². The molecule has 27 heavy (non-hydrogen) atoms. The SMILES string of the molecule is O=C(COc1ccccc1F)Nc1ccccc1C(=O)Nc1ccccc1. The lowest BCUT2D eigenvalue weighted by Crippen LogP contribution is -2.23. The molecule has 0 fully saturated rings. The molecule has 3 aromatic carbocycles. The summed E-state index contributed by atoms with van der Waals surface area (Å²) in [7, 11) is 0. The Morgan fingerprint density at radius 3 is 2.26 bits per heavy atom. The zero-order valence-electron chi connectivity index (χ0n) is 14.3. The lowest BCUT2D eigenvalue weighted by Gasteiger charge is -2.12. The number of hydrogen-bond donors (Lipinski definition) is 2. The third kappa shape index (κ3) is 4.92. The van der Waals surface area contributed by atoms with Crippen molar-refractivity contribution in [2.75, 3.05) is 17.2 Å². The van der Waals surface area contributed by atoms with E-state index in [0.717, 1.165) is 0 Å². The van der Waals surface area contributed by atoms with Crippen LogP contribution in [0.5, 0.6) is 5.75 Å². The first kappa shape index (κ1) is 18.1. The molecule has 0 bridgehead atoms. The van der Waals surface area contributed by atoms with Crippen LogP contribution in [0, 0.1) is 5.82 Å². The van der Waals surface area contributed by atoms with Crippen LogP contribution in [0.1, 0.15) is 10.4 Å². The smallest absolute Gasteiger partial charge is 0.262 e. The predicted molar refractivity (Wildman–Crippen MR) is 101 cm³/mol. The number of carbonyl (C=O) groups is 2. The Bertz CT molecular complexity index is 945. The van der Waals surface area contributed by atoms with Crippen LogP contribution in [-0.4, -0.2) is 18.4 Å². The second-order valence-electron chi connectivity index (χ2n) is 5.63. The zero-order valence-corrected chi connectivity index (χ0v) is 14.3. The van der Waals surface area contributed by atoms with Gasteiger partial charge in [-0.1, -0.05) is 42.5 Å². The number of nitrogens with one attached hydrogen (secondary N) is 2. The van der Waals surface area contributed by atoms with E-state index in [4.69, 9.17) is 4.74 Å². The van der Waals surface area contributed by atoms with E-state index in [-0.39, 0.29) is 18.3 Å². The minimum absolute atomic E-state index is 0.0113. The zero-order chi connectivity index (χ0) is 19.1. The fourth-order valence-electron chi connectivity index (χ4n) is 2.40. The predicted octanol–water partition coefficient (Wildman–Crippen LogP) is 4.10. The molecule has 0 aliphatic rings. The Morgan fingerprint density at radius 2 is 1.48 bits per heavy atom. The van der Waals surface area contributed by atoms with Gasteiger partial charge in [-0.05, 0) is 36.4 Å². The van der Waals surface area contributed by atoms with Crippen molar-refractivity contribution in [2.24, 2.45) is 0 Å². The summed E-state index contributed by atoms with van der Waals surface area (Å²) >= 11 is 0. The van der Waals surface area contributed by atoms with Crippen LogP contribution < -0.4 is 15.4 Å². The van der Waals surface area contributed by atoms with Crippen molar-refractivity contribution in [1.82, 2.24) is 0 Å². The number of carbonyl (C=O) groups excluding carboxylic acids is 2. The molecule has 0 atom stereocenters. The molecule has 0 saturated carbocycles. The van der Waals surface area contributed by atoms with E-state index in [9.17, 15) is 14.0 Å². The second-order valence-corrected chi connectivity index (χ2v) is 5.63. The summed E-state index contributed by atoms with van der Waals surface area (Å²) in [5, 5.41) is 5.39. The van der Waals surface area contributed by atoms with Gasteiger partial charge in [0.2, 0.25) is 0 Å². The van der Waals surface area contributed by atoms with Gasteiger partial charge in [0, 0.05) is 5.69 Å². The monoisotopic (exact) mass is 364 g/mol. The molecule has 3 rings (SSSR count). The molecule has 0 spiro atoms. The van der Waals surface area contributed by atoms with E-state index in [1.807, 2.05) is 18.2 Å². The average Bonchev–Trinajstić information content (AvgIpc) is 2.68. The first-order valence-corrected chi connectivity index (χ1v) is 8.26. The Labute approximate surface area is 155 Å². The maximum absolute atomic E-state index is 13.5. The van der Waals surface area contributed by atoms with Gasteiger partial charge in [-0.2, -0.15) is 0 Å². The highest BCUT2D eigenvalue weighted by Crippen LogP contribution is 2.18. The Kier molecular flexibility index (Phi) is 5.79. The first-order chi connectivity index (χ1) is 13.1. The topological polar surface area (TPSA) is 67.4 Å². The maximum atomic E-state index is 13.5. The minimum Gasteiger partial charge on any atom is -0.481 e. The maximum Gasteiger partial charge on any atom is 0.262 e. The molecule has 0 heterocycles.